The van der Waals surface area contributed by atoms with Crippen LogP contribution in [0.2, 0.25) is 0 Å². The highest BCUT2D eigenvalue weighted by atomic mass is 79.9. The van der Waals surface area contributed by atoms with Crippen molar-refractivity contribution in [3.63, 3.8) is 0 Å². The van der Waals surface area contributed by atoms with Crippen molar-refractivity contribution in [3.05, 3.63) is 47.2 Å². The van der Waals surface area contributed by atoms with E-state index < -0.39 is 0 Å². The van der Waals surface area contributed by atoms with E-state index in [1.807, 2.05) is 36.4 Å². The molecular weight excluding hydrogens is 512 g/mol. The number of fused-ring (bicyclic) bond motifs is 1. The lowest BCUT2D eigenvalue weighted by molar-refractivity contribution is 0.132. The molecular formula is C21H21BrN6O4S. The van der Waals surface area contributed by atoms with Crippen LogP contribution in [-0.2, 0) is 9.47 Å². The van der Waals surface area contributed by atoms with Gasteiger partial charge in [0, 0.05) is 30.1 Å². The SMILES string of the molecule is COCCOc1cc2ncnc(Sc3nnnn3-c3ccc(Br)cc3)c2cc1OCCOC. The standard InChI is InChI=1S/C21H21BrN6O4S/c1-29-7-9-31-18-11-16-17(12-19(18)32-10-8-30-2)23-13-24-20(16)33-21-25-26-27-28(21)15-5-3-14(22)4-6-15/h3-6,11-13H,7-10H2,1-2H3. The third-order valence-corrected chi connectivity index (χ3v) is 5.94. The predicted octanol–water partition coefficient (Wildman–Crippen LogP) is 3.57. The largest absolute Gasteiger partial charge is 0.487 e. The summed E-state index contributed by atoms with van der Waals surface area (Å²) in [4.78, 5) is 8.88. The van der Waals surface area contributed by atoms with Crippen molar-refractivity contribution in [3.8, 4) is 17.2 Å². The van der Waals surface area contributed by atoms with Gasteiger partial charge in [0.2, 0.25) is 5.16 Å². The van der Waals surface area contributed by atoms with Gasteiger partial charge in [-0.15, -0.1) is 5.10 Å². The second kappa shape index (κ2) is 11.4. The highest BCUT2D eigenvalue weighted by molar-refractivity contribution is 9.10. The predicted molar refractivity (Wildman–Crippen MR) is 125 cm³/mol. The monoisotopic (exact) mass is 532 g/mol. The molecule has 2 aromatic carbocycles. The number of ether oxygens (including phenoxy) is 4. The van der Waals surface area contributed by atoms with Gasteiger partial charge in [0.25, 0.3) is 0 Å². The maximum Gasteiger partial charge on any atom is 0.220 e. The summed E-state index contributed by atoms with van der Waals surface area (Å²) in [5.74, 6) is 1.14. The third kappa shape index (κ3) is 5.77. The first-order valence-corrected chi connectivity index (χ1v) is 11.5. The van der Waals surface area contributed by atoms with Crippen LogP contribution in [0, 0.1) is 0 Å². The quantitative estimate of drug-likeness (QED) is 0.210. The highest BCUT2D eigenvalue weighted by Gasteiger charge is 2.17. The van der Waals surface area contributed by atoms with Gasteiger partial charge < -0.3 is 18.9 Å². The van der Waals surface area contributed by atoms with Gasteiger partial charge in [0.1, 0.15) is 24.6 Å². The van der Waals surface area contributed by atoms with Gasteiger partial charge in [-0.25, -0.2) is 9.97 Å². The van der Waals surface area contributed by atoms with Gasteiger partial charge in [-0.05, 0) is 52.5 Å². The molecule has 0 aliphatic carbocycles. The number of nitrogens with zero attached hydrogens (tertiary/aromatic N) is 6. The molecule has 172 valence electrons. The van der Waals surface area contributed by atoms with Crippen molar-refractivity contribution in [2.75, 3.05) is 40.6 Å². The van der Waals surface area contributed by atoms with E-state index in [1.165, 1.54) is 18.1 Å². The zero-order valence-corrected chi connectivity index (χ0v) is 20.4. The van der Waals surface area contributed by atoms with Gasteiger partial charge in [0.15, 0.2) is 11.5 Å². The molecule has 0 aliphatic heterocycles. The first-order chi connectivity index (χ1) is 16.2. The Morgan fingerprint density at radius 1 is 0.909 bits per heavy atom. The molecule has 0 spiro atoms. The lowest BCUT2D eigenvalue weighted by Crippen LogP contribution is -2.09. The Hall–Kier alpha value is -2.80. The van der Waals surface area contributed by atoms with E-state index in [0.29, 0.717) is 53.6 Å². The van der Waals surface area contributed by atoms with Crippen LogP contribution in [0.1, 0.15) is 0 Å². The van der Waals surface area contributed by atoms with E-state index in [2.05, 4.69) is 41.4 Å². The van der Waals surface area contributed by atoms with E-state index in [9.17, 15) is 0 Å². The molecule has 0 saturated carbocycles. The highest BCUT2D eigenvalue weighted by Crippen LogP contribution is 2.37. The lowest BCUT2D eigenvalue weighted by atomic mass is 10.2. The molecule has 0 radical (unpaired) electrons. The molecule has 2 heterocycles. The van der Waals surface area contributed by atoms with Gasteiger partial charge in [-0.2, -0.15) is 4.68 Å². The molecule has 0 fully saturated rings. The van der Waals surface area contributed by atoms with E-state index >= 15 is 0 Å². The summed E-state index contributed by atoms with van der Waals surface area (Å²) in [6.45, 7) is 1.67. The van der Waals surface area contributed by atoms with Crippen molar-refractivity contribution >= 4 is 38.6 Å². The van der Waals surface area contributed by atoms with Crippen LogP contribution in [0.5, 0.6) is 11.5 Å². The molecule has 4 aromatic rings. The molecule has 33 heavy (non-hydrogen) atoms. The Morgan fingerprint density at radius 3 is 2.30 bits per heavy atom. The van der Waals surface area contributed by atoms with Crippen LogP contribution in [0.15, 0.2) is 57.4 Å². The summed E-state index contributed by atoms with van der Waals surface area (Å²) in [5, 5.41) is 14.2. The van der Waals surface area contributed by atoms with Crippen LogP contribution < -0.4 is 9.47 Å². The van der Waals surface area contributed by atoms with Crippen LogP contribution in [0.4, 0.5) is 0 Å². The summed E-state index contributed by atoms with van der Waals surface area (Å²) in [6.07, 6.45) is 1.50. The molecule has 0 N–H and O–H groups in total. The number of benzene rings is 2. The number of hydrogen-bond donors (Lipinski definition) is 0. The topological polar surface area (TPSA) is 106 Å². The minimum atomic E-state index is 0.376. The van der Waals surface area contributed by atoms with Gasteiger partial charge in [-0.3, -0.25) is 0 Å². The van der Waals surface area contributed by atoms with E-state index in [0.717, 1.165) is 15.5 Å². The zero-order chi connectivity index (χ0) is 23.0. The molecule has 4 rings (SSSR count). The molecule has 0 atom stereocenters. The molecule has 0 aliphatic rings. The van der Waals surface area contributed by atoms with Crippen molar-refractivity contribution in [1.82, 2.24) is 30.2 Å². The fourth-order valence-corrected chi connectivity index (χ4v) is 4.01. The Kier molecular flexibility index (Phi) is 8.05. The van der Waals surface area contributed by atoms with Crippen LogP contribution >= 0.6 is 27.7 Å². The first kappa shape index (κ1) is 23.4. The normalized spacial score (nSPS) is 11.1. The molecule has 0 bridgehead atoms. The van der Waals surface area contributed by atoms with Crippen molar-refractivity contribution in [1.29, 1.82) is 0 Å². The Balaban J connectivity index is 1.68. The summed E-state index contributed by atoms with van der Waals surface area (Å²) < 4.78 is 24.6. The fraction of sp³-hybridized carbons (Fsp3) is 0.286. The molecule has 10 nitrogen and oxygen atoms in total. The smallest absolute Gasteiger partial charge is 0.220 e. The maximum atomic E-state index is 5.91. The first-order valence-electron chi connectivity index (χ1n) is 9.94. The van der Waals surface area contributed by atoms with E-state index in [4.69, 9.17) is 18.9 Å². The number of hydrogen-bond acceptors (Lipinski definition) is 10. The summed E-state index contributed by atoms with van der Waals surface area (Å²) in [5.41, 5.74) is 1.54. The van der Waals surface area contributed by atoms with Crippen molar-refractivity contribution in [2.45, 2.75) is 10.2 Å². The summed E-state index contributed by atoms with van der Waals surface area (Å²) in [6, 6.07) is 11.4. The summed E-state index contributed by atoms with van der Waals surface area (Å²) in [7, 11) is 3.25. The molecule has 12 heteroatoms. The summed E-state index contributed by atoms with van der Waals surface area (Å²) >= 11 is 4.78. The number of aromatic nitrogens is 6. The molecule has 0 saturated heterocycles. The maximum absolute atomic E-state index is 5.91. The van der Waals surface area contributed by atoms with Gasteiger partial charge in [-0.1, -0.05) is 15.9 Å². The Labute approximate surface area is 202 Å². The van der Waals surface area contributed by atoms with Crippen LogP contribution in [0.3, 0.4) is 0 Å². The van der Waals surface area contributed by atoms with Crippen LogP contribution in [-0.4, -0.2) is 70.8 Å². The molecule has 2 aromatic heterocycles. The number of tetrazole rings is 1. The van der Waals surface area contributed by atoms with Crippen LogP contribution in [0.25, 0.3) is 16.6 Å². The number of methoxy groups -OCH3 is 2. The van der Waals surface area contributed by atoms with Crippen molar-refractivity contribution < 1.29 is 18.9 Å². The minimum Gasteiger partial charge on any atom is -0.487 e. The second-order valence-electron chi connectivity index (χ2n) is 6.63. The minimum absolute atomic E-state index is 0.376. The average molecular weight is 533 g/mol. The van der Waals surface area contributed by atoms with Gasteiger partial charge in [0.05, 0.1) is 24.4 Å². The van der Waals surface area contributed by atoms with Crippen molar-refractivity contribution in [2.24, 2.45) is 0 Å². The van der Waals surface area contributed by atoms with Gasteiger partial charge >= 0.3 is 0 Å². The second-order valence-corrected chi connectivity index (χ2v) is 8.50. The number of rotatable bonds is 11. The molecule has 0 unspecified atom stereocenters. The lowest BCUT2D eigenvalue weighted by Gasteiger charge is -2.14. The Bertz CT molecular complexity index is 1210. The Morgan fingerprint density at radius 2 is 1.61 bits per heavy atom. The average Bonchev–Trinajstić information content (AvgIpc) is 3.28. The van der Waals surface area contributed by atoms with E-state index in [1.54, 1.807) is 18.9 Å². The molecule has 0 amide bonds. The third-order valence-electron chi connectivity index (χ3n) is 4.45. The fourth-order valence-electron chi connectivity index (χ4n) is 2.89. The zero-order valence-electron chi connectivity index (χ0n) is 18.0. The van der Waals surface area contributed by atoms with E-state index in [-0.39, 0.29) is 0 Å². The number of halogens is 1.